The van der Waals surface area contributed by atoms with Gasteiger partial charge in [0.15, 0.2) is 0 Å². The zero-order valence-corrected chi connectivity index (χ0v) is 18.1. The summed E-state index contributed by atoms with van der Waals surface area (Å²) in [7, 11) is 1.86. The summed E-state index contributed by atoms with van der Waals surface area (Å²) in [6.07, 6.45) is 1.83. The maximum atomic E-state index is 13.0. The molecule has 1 N–H and O–H groups in total. The second kappa shape index (κ2) is 9.80. The molecular formula is C27H30N2O2. The van der Waals surface area contributed by atoms with Crippen LogP contribution in [0.4, 0.5) is 4.79 Å². The van der Waals surface area contributed by atoms with Gasteiger partial charge in [0.05, 0.1) is 0 Å². The van der Waals surface area contributed by atoms with Crippen molar-refractivity contribution in [2.75, 3.05) is 26.8 Å². The number of urea groups is 1. The van der Waals surface area contributed by atoms with Gasteiger partial charge in [-0.2, -0.15) is 0 Å². The lowest BCUT2D eigenvalue weighted by Gasteiger charge is -2.38. The summed E-state index contributed by atoms with van der Waals surface area (Å²) in [5, 5.41) is 3.20. The molecule has 1 heterocycles. The number of benzene rings is 3. The highest BCUT2D eigenvalue weighted by Crippen LogP contribution is 2.34. The number of nitrogens with one attached hydrogen (secondary N) is 1. The molecule has 0 spiro atoms. The van der Waals surface area contributed by atoms with Gasteiger partial charge in [0.1, 0.15) is 0 Å². The fourth-order valence-corrected chi connectivity index (χ4v) is 4.39. The van der Waals surface area contributed by atoms with Gasteiger partial charge in [0.2, 0.25) is 0 Å². The number of hydrogen-bond donors (Lipinski definition) is 1. The Hall–Kier alpha value is -3.11. The van der Waals surface area contributed by atoms with Crippen LogP contribution in [0.25, 0.3) is 11.1 Å². The van der Waals surface area contributed by atoms with Crippen molar-refractivity contribution in [3.8, 4) is 11.1 Å². The maximum absolute atomic E-state index is 13.0. The molecule has 0 atom stereocenters. The van der Waals surface area contributed by atoms with E-state index in [2.05, 4.69) is 53.8 Å². The molecule has 4 heteroatoms. The molecule has 4 rings (SSSR count). The number of hydrogen-bond acceptors (Lipinski definition) is 2. The van der Waals surface area contributed by atoms with Crippen LogP contribution in [0.3, 0.4) is 0 Å². The van der Waals surface area contributed by atoms with Crippen molar-refractivity contribution in [2.45, 2.75) is 24.8 Å². The SMILES string of the molecule is CN(Cc1ccccc1-c1ccccc1)C(=O)NCC1(c2ccccc2)CCOCC1. The van der Waals surface area contributed by atoms with Gasteiger partial charge in [0, 0.05) is 38.8 Å². The minimum atomic E-state index is -0.0715. The zero-order chi connectivity index (χ0) is 21.5. The first-order valence-corrected chi connectivity index (χ1v) is 10.9. The van der Waals surface area contributed by atoms with Crippen LogP contribution in [0.1, 0.15) is 24.0 Å². The third-order valence-corrected chi connectivity index (χ3v) is 6.27. The summed E-state index contributed by atoms with van der Waals surface area (Å²) in [4.78, 5) is 14.8. The lowest BCUT2D eigenvalue weighted by atomic mass is 9.74. The van der Waals surface area contributed by atoms with Gasteiger partial charge in [-0.05, 0) is 35.1 Å². The molecule has 2 amide bonds. The topological polar surface area (TPSA) is 41.6 Å². The maximum Gasteiger partial charge on any atom is 0.317 e. The predicted octanol–water partition coefficient (Wildman–Crippen LogP) is 5.24. The van der Waals surface area contributed by atoms with Crippen LogP contribution in [-0.2, 0) is 16.7 Å². The van der Waals surface area contributed by atoms with Gasteiger partial charge in [-0.15, -0.1) is 0 Å². The van der Waals surface area contributed by atoms with Crippen molar-refractivity contribution >= 4 is 6.03 Å². The second-order valence-corrected chi connectivity index (χ2v) is 8.30. The summed E-state index contributed by atoms with van der Waals surface area (Å²) in [6, 6.07) is 29.0. The van der Waals surface area contributed by atoms with Crippen molar-refractivity contribution in [3.05, 3.63) is 96.1 Å². The van der Waals surface area contributed by atoms with Crippen LogP contribution < -0.4 is 5.32 Å². The number of carbonyl (C=O) groups excluding carboxylic acids is 1. The molecule has 0 unspecified atom stereocenters. The Bertz CT molecular complexity index is 982. The van der Waals surface area contributed by atoms with E-state index in [-0.39, 0.29) is 11.4 Å². The molecule has 160 valence electrons. The molecule has 0 aliphatic carbocycles. The van der Waals surface area contributed by atoms with E-state index in [0.29, 0.717) is 13.1 Å². The van der Waals surface area contributed by atoms with Gasteiger partial charge in [0.25, 0.3) is 0 Å². The molecular weight excluding hydrogens is 384 g/mol. The monoisotopic (exact) mass is 414 g/mol. The molecule has 4 nitrogen and oxygen atoms in total. The molecule has 1 aliphatic heterocycles. The summed E-state index contributed by atoms with van der Waals surface area (Å²) in [5.74, 6) is 0. The third-order valence-electron chi connectivity index (χ3n) is 6.27. The number of carbonyl (C=O) groups is 1. The quantitative estimate of drug-likeness (QED) is 0.599. The Morgan fingerprint density at radius 1 is 0.903 bits per heavy atom. The van der Waals surface area contributed by atoms with Gasteiger partial charge in [-0.1, -0.05) is 84.9 Å². The second-order valence-electron chi connectivity index (χ2n) is 8.30. The van der Waals surface area contributed by atoms with E-state index < -0.39 is 0 Å². The van der Waals surface area contributed by atoms with Crippen LogP contribution >= 0.6 is 0 Å². The van der Waals surface area contributed by atoms with Gasteiger partial charge in [-0.25, -0.2) is 4.79 Å². The molecule has 0 bridgehead atoms. The minimum Gasteiger partial charge on any atom is -0.381 e. The standard InChI is InChI=1S/C27H30N2O2/c1-29(20-23-12-8-9-15-25(23)22-10-4-2-5-11-22)26(30)28-21-27(16-18-31-19-17-27)24-13-6-3-7-14-24/h2-15H,16-21H2,1H3,(H,28,30). The Balaban J connectivity index is 1.45. The number of nitrogens with zero attached hydrogens (tertiary/aromatic N) is 1. The highest BCUT2D eigenvalue weighted by atomic mass is 16.5. The molecule has 3 aromatic rings. The van der Waals surface area contributed by atoms with E-state index in [1.807, 2.05) is 43.4 Å². The summed E-state index contributed by atoms with van der Waals surface area (Å²) >= 11 is 0. The summed E-state index contributed by atoms with van der Waals surface area (Å²) < 4.78 is 5.61. The number of ether oxygens (including phenoxy) is 1. The van der Waals surface area contributed by atoms with Crippen LogP contribution in [0, 0.1) is 0 Å². The third kappa shape index (κ3) is 4.97. The highest BCUT2D eigenvalue weighted by Gasteiger charge is 2.35. The number of amides is 2. The predicted molar refractivity (Wildman–Crippen MR) is 125 cm³/mol. The fraction of sp³-hybridized carbons (Fsp3) is 0.296. The van der Waals surface area contributed by atoms with Crippen molar-refractivity contribution < 1.29 is 9.53 Å². The fourth-order valence-electron chi connectivity index (χ4n) is 4.39. The molecule has 31 heavy (non-hydrogen) atoms. The largest absolute Gasteiger partial charge is 0.381 e. The molecule has 0 saturated carbocycles. The molecule has 1 fully saturated rings. The first-order chi connectivity index (χ1) is 15.2. The molecule has 0 radical (unpaired) electrons. The summed E-state index contributed by atoms with van der Waals surface area (Å²) in [5.41, 5.74) is 4.66. The molecule has 0 aromatic heterocycles. The first kappa shape index (κ1) is 21.1. The summed E-state index contributed by atoms with van der Waals surface area (Å²) in [6.45, 7) is 2.62. The first-order valence-electron chi connectivity index (χ1n) is 10.9. The van der Waals surface area contributed by atoms with Gasteiger partial charge < -0.3 is 15.0 Å². The smallest absolute Gasteiger partial charge is 0.317 e. The lowest BCUT2D eigenvalue weighted by molar-refractivity contribution is 0.0502. The van der Waals surface area contributed by atoms with Gasteiger partial charge >= 0.3 is 6.03 Å². The Kier molecular flexibility index (Phi) is 6.68. The van der Waals surface area contributed by atoms with E-state index in [1.54, 1.807) is 4.90 Å². The Labute approximate surface area is 184 Å². The molecule has 1 aliphatic rings. The Morgan fingerprint density at radius 3 is 2.23 bits per heavy atom. The van der Waals surface area contributed by atoms with E-state index in [1.165, 1.54) is 5.56 Å². The van der Waals surface area contributed by atoms with Crippen LogP contribution in [-0.4, -0.2) is 37.7 Å². The molecule has 3 aromatic carbocycles. The zero-order valence-electron chi connectivity index (χ0n) is 18.1. The average Bonchev–Trinajstić information content (AvgIpc) is 2.84. The van der Waals surface area contributed by atoms with Crippen molar-refractivity contribution in [1.29, 1.82) is 0 Å². The van der Waals surface area contributed by atoms with Crippen molar-refractivity contribution in [3.63, 3.8) is 0 Å². The van der Waals surface area contributed by atoms with Crippen LogP contribution in [0.5, 0.6) is 0 Å². The van der Waals surface area contributed by atoms with Gasteiger partial charge in [-0.3, -0.25) is 0 Å². The minimum absolute atomic E-state index is 0.0512. The van der Waals surface area contributed by atoms with E-state index in [9.17, 15) is 4.79 Å². The van der Waals surface area contributed by atoms with Crippen molar-refractivity contribution in [1.82, 2.24) is 10.2 Å². The van der Waals surface area contributed by atoms with Crippen molar-refractivity contribution in [2.24, 2.45) is 0 Å². The van der Waals surface area contributed by atoms with Crippen LogP contribution in [0.15, 0.2) is 84.9 Å². The van der Waals surface area contributed by atoms with E-state index in [4.69, 9.17) is 4.74 Å². The van der Waals surface area contributed by atoms with E-state index >= 15 is 0 Å². The number of rotatable bonds is 6. The highest BCUT2D eigenvalue weighted by molar-refractivity contribution is 5.75. The van der Waals surface area contributed by atoms with E-state index in [0.717, 1.165) is 42.7 Å². The Morgan fingerprint density at radius 2 is 1.52 bits per heavy atom. The average molecular weight is 415 g/mol. The lowest BCUT2D eigenvalue weighted by Crippen LogP contribution is -2.47. The van der Waals surface area contributed by atoms with Crippen LogP contribution in [0.2, 0.25) is 0 Å². The normalized spacial score (nSPS) is 15.3. The molecule has 1 saturated heterocycles.